The molecule has 0 aromatic heterocycles. The molecule has 0 aliphatic rings. The van der Waals surface area contributed by atoms with Crippen molar-refractivity contribution in [3.8, 4) is 0 Å². The van der Waals surface area contributed by atoms with Gasteiger partial charge in [0.15, 0.2) is 17.3 Å². The van der Waals surface area contributed by atoms with Crippen LogP contribution >= 0.6 is 11.8 Å². The Morgan fingerprint density at radius 3 is 1.71 bits per heavy atom. The number of rotatable bonds is 22. The van der Waals surface area contributed by atoms with Crippen LogP contribution in [0.1, 0.15) is 67.6 Å². The Balaban J connectivity index is 0. The summed E-state index contributed by atoms with van der Waals surface area (Å²) in [7, 11) is 0. The molecule has 7 atom stereocenters. The maximum atomic E-state index is 13.3. The van der Waals surface area contributed by atoms with Crippen LogP contribution in [0.15, 0.2) is 0 Å². The van der Waals surface area contributed by atoms with Crippen molar-refractivity contribution in [1.29, 1.82) is 0 Å². The summed E-state index contributed by atoms with van der Waals surface area (Å²) in [6, 6.07) is -3.24. The third kappa shape index (κ3) is 14.8. The molecule has 2 unspecified atom stereocenters. The molecule has 14 nitrogen and oxygen atoms in total. The van der Waals surface area contributed by atoms with Crippen LogP contribution in [0.5, 0.6) is 0 Å². The van der Waals surface area contributed by atoms with Gasteiger partial charge in [0.2, 0.25) is 23.6 Å². The quantitative estimate of drug-likeness (QED) is 0.0731. The Labute approximate surface area is 252 Å². The van der Waals surface area contributed by atoms with E-state index in [0.717, 1.165) is 0 Å². The fraction of sp³-hybridized carbons (Fsp3) is 0.741. The molecule has 0 rings (SSSR count). The molecule has 0 bridgehead atoms. The average molecular weight is 619 g/mol. The maximum Gasteiger partial charge on any atom is 1.00 e. The van der Waals surface area contributed by atoms with Crippen molar-refractivity contribution in [1.82, 2.24) is 16.0 Å². The van der Waals surface area contributed by atoms with Crippen LogP contribution < -0.4 is 27.4 Å². The van der Waals surface area contributed by atoms with Gasteiger partial charge in [0, 0.05) is 25.7 Å². The van der Waals surface area contributed by atoms with Gasteiger partial charge in [-0.3, -0.25) is 33.6 Å². The van der Waals surface area contributed by atoms with E-state index in [4.69, 9.17) is 11.5 Å². The first-order valence-corrected chi connectivity index (χ1v) is 15.3. The zero-order valence-corrected chi connectivity index (χ0v) is 25.8. The number of thioether (sulfide) groups is 1. The zero-order valence-electron chi connectivity index (χ0n) is 26.0. The summed E-state index contributed by atoms with van der Waals surface area (Å²) in [6.07, 6.45) is -1.72. The van der Waals surface area contributed by atoms with Crippen LogP contribution in [-0.2, 0) is 33.6 Å². The lowest BCUT2D eigenvalue weighted by molar-refractivity contribution is -0.138. The molecule has 0 aliphatic carbocycles. The highest BCUT2D eigenvalue weighted by atomic mass is 32.2. The molecule has 240 valence electrons. The van der Waals surface area contributed by atoms with Crippen molar-refractivity contribution in [3.05, 3.63) is 0 Å². The van der Waals surface area contributed by atoms with Crippen LogP contribution in [0, 0.1) is 11.8 Å². The molecule has 0 radical (unpaired) electrons. The maximum absolute atomic E-state index is 13.3. The molecule has 0 heterocycles. The topological polar surface area (TPSA) is 248 Å². The van der Waals surface area contributed by atoms with Crippen molar-refractivity contribution in [3.63, 3.8) is 0 Å². The van der Waals surface area contributed by atoms with Gasteiger partial charge in [-0.25, -0.2) is 0 Å². The summed E-state index contributed by atoms with van der Waals surface area (Å²) in [4.78, 5) is 87.1. The number of amides is 4. The van der Waals surface area contributed by atoms with Crippen LogP contribution in [0.2, 0.25) is 0 Å². The number of nitrogens with one attached hydrogen (secondary N) is 3. The fourth-order valence-corrected chi connectivity index (χ4v) is 4.33. The minimum absolute atomic E-state index is 0. The second-order valence-electron chi connectivity index (χ2n) is 10.3. The third-order valence-corrected chi connectivity index (χ3v) is 7.29. The number of carbonyl (C=O) groups excluding carboxylic acids is 7. The van der Waals surface area contributed by atoms with E-state index in [1.807, 2.05) is 0 Å². The number of aliphatic hydroxyl groups is 2. The molecular weight excluding hydrogens is 570 g/mol. The van der Waals surface area contributed by atoms with Gasteiger partial charge in [-0.1, -0.05) is 6.92 Å². The SMILES string of the molecule is CCC(=O)CNC(=O)[C@@H](CC(=O)[C@H](CCSC)NC(=O)[C@@H](CC(=O)[C@H](CCC(N)=O)NC(=O)[C@H](C)N)C(C)O)C(C)O.[H+]. The van der Waals surface area contributed by atoms with Gasteiger partial charge in [0.1, 0.15) is 0 Å². The number of nitrogens with two attached hydrogens (primary N) is 2. The Morgan fingerprint density at radius 2 is 1.29 bits per heavy atom. The monoisotopic (exact) mass is 618 g/mol. The molecule has 0 aliphatic heterocycles. The minimum Gasteiger partial charge on any atom is -0.393 e. The fourth-order valence-electron chi connectivity index (χ4n) is 3.86. The van der Waals surface area contributed by atoms with E-state index >= 15 is 0 Å². The van der Waals surface area contributed by atoms with E-state index in [0.29, 0.717) is 5.75 Å². The first-order chi connectivity index (χ1) is 19.5. The lowest BCUT2D eigenvalue weighted by Gasteiger charge is -2.26. The second kappa shape index (κ2) is 20.1. The Kier molecular flexibility index (Phi) is 18.7. The zero-order chi connectivity index (χ0) is 32.6. The summed E-state index contributed by atoms with van der Waals surface area (Å²) in [6.45, 7) is 5.42. The molecule has 0 saturated heterocycles. The molecule has 0 aromatic rings. The summed E-state index contributed by atoms with van der Waals surface area (Å²) in [5.41, 5.74) is 10.7. The van der Waals surface area contributed by atoms with Gasteiger partial charge in [-0.15, -0.1) is 0 Å². The number of hydrogen-bond donors (Lipinski definition) is 7. The van der Waals surface area contributed by atoms with Crippen molar-refractivity contribution < 1.29 is 45.2 Å². The Hall–Kier alpha value is -2.88. The van der Waals surface area contributed by atoms with E-state index in [2.05, 4.69) is 16.0 Å². The summed E-state index contributed by atoms with van der Waals surface area (Å²) < 4.78 is 0. The number of Topliss-reactive ketones (excluding diaryl/α,β-unsaturated/α-hetero) is 3. The van der Waals surface area contributed by atoms with Crippen molar-refractivity contribution in [2.45, 2.75) is 96.6 Å². The number of ketones is 3. The molecule has 0 saturated carbocycles. The van der Waals surface area contributed by atoms with Gasteiger partial charge in [-0.05, 0) is 45.6 Å². The van der Waals surface area contributed by atoms with Crippen LogP contribution in [0.4, 0.5) is 0 Å². The first kappa shape index (κ1) is 39.1. The number of primary amides is 1. The van der Waals surface area contributed by atoms with Crippen molar-refractivity contribution in [2.75, 3.05) is 18.6 Å². The standard InChI is InChI=1S/C27H47N5O9S/c1-6-17(35)13-30-26(40)18(15(3)33)11-23(37)21(9-10-42-5)32-27(41)19(16(4)34)12-22(36)20(7-8-24(29)38)31-25(39)14(2)28/h14-16,18-21,33-34H,6-13,28H2,1-5H3,(H2,29,38)(H,30,40)(H,31,39)(H,32,41)/p+1/t14-,15?,16?,18-,19-,20-,21-/m0/s1. The molecule has 0 fully saturated rings. The number of aliphatic hydroxyl groups excluding tert-OH is 2. The minimum atomic E-state index is -1.33. The summed E-state index contributed by atoms with van der Waals surface area (Å²) >= 11 is 1.40. The molecule has 9 N–H and O–H groups in total. The molecule has 0 spiro atoms. The highest BCUT2D eigenvalue weighted by Gasteiger charge is 2.35. The highest BCUT2D eigenvalue weighted by Crippen LogP contribution is 2.17. The molecular formula is C27H48N5O9S+. The average Bonchev–Trinajstić information content (AvgIpc) is 2.91. The van der Waals surface area contributed by atoms with E-state index in [1.54, 1.807) is 13.2 Å². The van der Waals surface area contributed by atoms with Gasteiger partial charge in [0.25, 0.3) is 0 Å². The van der Waals surface area contributed by atoms with Crippen LogP contribution in [0.25, 0.3) is 0 Å². The summed E-state index contributed by atoms with van der Waals surface area (Å²) in [5.74, 6) is -6.33. The van der Waals surface area contributed by atoms with Gasteiger partial charge in [-0.2, -0.15) is 11.8 Å². The van der Waals surface area contributed by atoms with E-state index in [9.17, 15) is 43.8 Å². The van der Waals surface area contributed by atoms with E-state index in [-0.39, 0.29) is 39.4 Å². The third-order valence-electron chi connectivity index (χ3n) is 6.65. The van der Waals surface area contributed by atoms with E-state index < -0.39 is 90.2 Å². The molecule has 42 heavy (non-hydrogen) atoms. The van der Waals surface area contributed by atoms with Crippen LogP contribution in [0.3, 0.4) is 0 Å². The predicted molar refractivity (Wildman–Crippen MR) is 158 cm³/mol. The predicted octanol–water partition coefficient (Wildman–Crippen LogP) is -1.56. The first-order valence-electron chi connectivity index (χ1n) is 13.9. The van der Waals surface area contributed by atoms with Gasteiger partial charge < -0.3 is 37.6 Å². The largest absolute Gasteiger partial charge is 1.00 e. The molecule has 0 aromatic carbocycles. The lowest BCUT2D eigenvalue weighted by atomic mass is 9.90. The lowest BCUT2D eigenvalue weighted by Crippen LogP contribution is -2.51. The Morgan fingerprint density at radius 1 is 0.810 bits per heavy atom. The van der Waals surface area contributed by atoms with Crippen molar-refractivity contribution in [2.24, 2.45) is 23.3 Å². The van der Waals surface area contributed by atoms with Gasteiger partial charge in [0.05, 0.1) is 48.7 Å². The normalized spacial score (nSPS) is 16.1. The van der Waals surface area contributed by atoms with Crippen LogP contribution in [-0.4, -0.2) is 100 Å². The smallest absolute Gasteiger partial charge is 0.393 e. The Bertz CT molecular complexity index is 965. The van der Waals surface area contributed by atoms with E-state index in [1.165, 1.54) is 32.5 Å². The molecule has 4 amide bonds. The second-order valence-corrected chi connectivity index (χ2v) is 11.3. The van der Waals surface area contributed by atoms with Crippen molar-refractivity contribution >= 4 is 52.7 Å². The summed E-state index contributed by atoms with van der Waals surface area (Å²) in [5, 5.41) is 27.9. The molecule has 15 heteroatoms. The number of carbonyl (C=O) groups is 7. The number of hydrogen-bond acceptors (Lipinski definition) is 11. The highest BCUT2D eigenvalue weighted by molar-refractivity contribution is 7.98. The van der Waals surface area contributed by atoms with Gasteiger partial charge >= 0.3 is 1.43 Å².